The van der Waals surface area contributed by atoms with Gasteiger partial charge in [-0.3, -0.25) is 4.79 Å². The predicted molar refractivity (Wildman–Crippen MR) is 119 cm³/mol. The van der Waals surface area contributed by atoms with Crippen LogP contribution in [0.15, 0.2) is 66.3 Å². The molecule has 2 aromatic rings. The Kier molecular flexibility index (Phi) is 7.28. The number of allylic oxidation sites excluding steroid dienone is 3. The lowest BCUT2D eigenvalue weighted by Crippen LogP contribution is -2.37. The van der Waals surface area contributed by atoms with Gasteiger partial charge in [0.05, 0.1) is 0 Å². The molecule has 2 aromatic carbocycles. The van der Waals surface area contributed by atoms with Crippen molar-refractivity contribution < 1.29 is 24.2 Å². The highest BCUT2D eigenvalue weighted by atomic mass is 16.7. The number of fused-ring (bicyclic) bond motifs is 1. The molecule has 0 aromatic heterocycles. The Morgan fingerprint density at radius 1 is 1.10 bits per heavy atom. The van der Waals surface area contributed by atoms with Gasteiger partial charge in [0.25, 0.3) is 5.91 Å². The van der Waals surface area contributed by atoms with Gasteiger partial charge in [-0.1, -0.05) is 48.6 Å². The maximum absolute atomic E-state index is 12.4. The molecule has 1 unspecified atom stereocenters. The number of hydrogen-bond acceptors (Lipinski definition) is 4. The van der Waals surface area contributed by atoms with E-state index in [9.17, 15) is 14.7 Å². The van der Waals surface area contributed by atoms with Crippen molar-refractivity contribution in [2.75, 3.05) is 14.1 Å². The average molecular weight is 419 g/mol. The fourth-order valence-corrected chi connectivity index (χ4v) is 3.16. The number of carbonyl (C=O) groups excluding carboxylic acids is 1. The second kappa shape index (κ2) is 9.68. The highest BCUT2D eigenvalue weighted by Crippen LogP contribution is 2.50. The molecule has 0 bridgehead atoms. The van der Waals surface area contributed by atoms with E-state index in [1.165, 1.54) is 17.0 Å². The zero-order valence-electron chi connectivity index (χ0n) is 18.0. The van der Waals surface area contributed by atoms with E-state index in [2.05, 4.69) is 12.8 Å². The molecule has 6 heteroatoms. The maximum atomic E-state index is 12.4. The Labute approximate surface area is 182 Å². The summed E-state index contributed by atoms with van der Waals surface area (Å²) in [4.78, 5) is 25.7. The average Bonchev–Trinajstić information content (AvgIpc) is 3.18. The van der Waals surface area contributed by atoms with Crippen LogP contribution in [0.3, 0.4) is 0 Å². The molecule has 0 radical (unpaired) electrons. The summed E-state index contributed by atoms with van der Waals surface area (Å²) < 4.78 is 12.4. The van der Waals surface area contributed by atoms with Gasteiger partial charge in [-0.05, 0) is 26.0 Å². The van der Waals surface area contributed by atoms with Crippen LogP contribution in [0.4, 0.5) is 0 Å². The Morgan fingerprint density at radius 2 is 1.74 bits per heavy atom. The SMILES string of the molecule is C#C.C/C=C\C=C(/C)C1(c2ccccc2)Oc2cc(C(=O)N(C)C)cc(C(=O)O)c2O1. The van der Waals surface area contributed by atoms with Gasteiger partial charge in [-0.2, -0.15) is 0 Å². The van der Waals surface area contributed by atoms with E-state index < -0.39 is 11.8 Å². The zero-order valence-corrected chi connectivity index (χ0v) is 18.0. The minimum atomic E-state index is -1.33. The summed E-state index contributed by atoms with van der Waals surface area (Å²) in [6, 6.07) is 12.1. The first kappa shape index (κ1) is 23.3. The Bertz CT molecular complexity index is 1050. The largest absolute Gasteiger partial charge is 0.478 e. The van der Waals surface area contributed by atoms with E-state index in [1.807, 2.05) is 62.4 Å². The monoisotopic (exact) mass is 419 g/mol. The fraction of sp³-hybridized carbons (Fsp3) is 0.200. The highest BCUT2D eigenvalue weighted by molar-refractivity contribution is 6.00. The molecule has 1 atom stereocenters. The van der Waals surface area contributed by atoms with E-state index >= 15 is 0 Å². The number of amides is 1. The van der Waals surface area contributed by atoms with Crippen LogP contribution in [0.1, 0.15) is 40.1 Å². The van der Waals surface area contributed by atoms with Gasteiger partial charge in [0.2, 0.25) is 0 Å². The van der Waals surface area contributed by atoms with E-state index in [-0.39, 0.29) is 28.5 Å². The lowest BCUT2D eigenvalue weighted by molar-refractivity contribution is -0.0501. The molecule has 1 heterocycles. The third kappa shape index (κ3) is 4.46. The number of aromatic carboxylic acids is 1. The topological polar surface area (TPSA) is 76.1 Å². The van der Waals surface area contributed by atoms with Crippen molar-refractivity contribution in [1.29, 1.82) is 0 Å². The Balaban J connectivity index is 0.00000166. The van der Waals surface area contributed by atoms with Gasteiger partial charge < -0.3 is 19.5 Å². The first-order chi connectivity index (χ1) is 14.8. The first-order valence-corrected chi connectivity index (χ1v) is 9.50. The smallest absolute Gasteiger partial charge is 0.339 e. The van der Waals surface area contributed by atoms with Gasteiger partial charge in [0, 0.05) is 30.8 Å². The van der Waals surface area contributed by atoms with Crippen molar-refractivity contribution in [2.45, 2.75) is 19.6 Å². The number of ether oxygens (including phenoxy) is 2. The van der Waals surface area contributed by atoms with E-state index in [0.717, 1.165) is 5.57 Å². The van der Waals surface area contributed by atoms with E-state index in [4.69, 9.17) is 9.47 Å². The molecule has 1 N–H and O–H groups in total. The summed E-state index contributed by atoms with van der Waals surface area (Å²) in [5.41, 5.74) is 1.54. The van der Waals surface area contributed by atoms with Crippen molar-refractivity contribution >= 4 is 11.9 Å². The summed E-state index contributed by atoms with van der Waals surface area (Å²) in [5.74, 6) is -2.53. The highest BCUT2D eigenvalue weighted by Gasteiger charge is 2.47. The molecule has 1 amide bonds. The summed E-state index contributed by atoms with van der Waals surface area (Å²) in [7, 11) is 3.21. The number of rotatable bonds is 5. The summed E-state index contributed by atoms with van der Waals surface area (Å²) in [6.45, 7) is 3.75. The van der Waals surface area contributed by atoms with Crippen LogP contribution >= 0.6 is 0 Å². The van der Waals surface area contributed by atoms with Gasteiger partial charge >= 0.3 is 11.8 Å². The lowest BCUT2D eigenvalue weighted by Gasteiger charge is -2.29. The number of hydrogen-bond donors (Lipinski definition) is 1. The van der Waals surface area contributed by atoms with Crippen molar-refractivity contribution in [3.05, 3.63) is 83.0 Å². The van der Waals surface area contributed by atoms with Crippen molar-refractivity contribution in [2.24, 2.45) is 0 Å². The standard InChI is InChI=1S/C23H23NO5.C2H2/c1-5-6-10-15(2)23(17-11-8-7-9-12-17)28-19-14-16(21(25)24(3)4)13-18(22(26)27)20(19)29-23;1-2/h5-14H,1-4H3,(H,26,27);1-2H/b6-5-,15-10+;. The lowest BCUT2D eigenvalue weighted by atomic mass is 9.98. The number of carbonyl (C=O) groups is 2. The molecular formula is C25H25NO5. The van der Waals surface area contributed by atoms with E-state index in [0.29, 0.717) is 5.56 Å². The van der Waals surface area contributed by atoms with Gasteiger partial charge in [-0.15, -0.1) is 12.8 Å². The number of benzene rings is 2. The van der Waals surface area contributed by atoms with Crippen LogP contribution in [0.5, 0.6) is 11.5 Å². The van der Waals surface area contributed by atoms with Crippen LogP contribution < -0.4 is 9.47 Å². The quantitative estimate of drug-likeness (QED) is 0.571. The molecule has 3 rings (SSSR count). The minimum absolute atomic E-state index is 0.102. The third-order valence-electron chi connectivity index (χ3n) is 4.65. The maximum Gasteiger partial charge on any atom is 0.339 e. The van der Waals surface area contributed by atoms with Crippen LogP contribution in [-0.2, 0) is 5.79 Å². The molecule has 6 nitrogen and oxygen atoms in total. The molecule has 0 saturated heterocycles. The zero-order chi connectivity index (χ0) is 23.2. The van der Waals surface area contributed by atoms with Crippen LogP contribution in [0.2, 0.25) is 0 Å². The van der Waals surface area contributed by atoms with Crippen LogP contribution in [-0.4, -0.2) is 36.0 Å². The summed E-state index contributed by atoms with van der Waals surface area (Å²) in [5, 5.41) is 9.73. The van der Waals surface area contributed by atoms with Gasteiger partial charge in [0.1, 0.15) is 5.56 Å². The second-order valence-corrected chi connectivity index (χ2v) is 6.92. The number of carboxylic acids is 1. The second-order valence-electron chi connectivity index (χ2n) is 6.92. The molecule has 1 aliphatic heterocycles. The fourth-order valence-electron chi connectivity index (χ4n) is 3.16. The number of terminal acetylenes is 1. The Morgan fingerprint density at radius 3 is 2.29 bits per heavy atom. The molecule has 0 spiro atoms. The molecule has 160 valence electrons. The van der Waals surface area contributed by atoms with Gasteiger partial charge in [-0.25, -0.2) is 4.79 Å². The Hall–Kier alpha value is -3.98. The van der Waals surface area contributed by atoms with Crippen molar-refractivity contribution in [3.8, 4) is 24.3 Å². The molecule has 31 heavy (non-hydrogen) atoms. The third-order valence-corrected chi connectivity index (χ3v) is 4.65. The van der Waals surface area contributed by atoms with Gasteiger partial charge in [0.15, 0.2) is 11.5 Å². The van der Waals surface area contributed by atoms with Crippen LogP contribution in [0, 0.1) is 12.8 Å². The van der Waals surface area contributed by atoms with Crippen LogP contribution in [0.25, 0.3) is 0 Å². The molecule has 1 aliphatic rings. The number of nitrogens with zero attached hydrogens (tertiary/aromatic N) is 1. The first-order valence-electron chi connectivity index (χ1n) is 9.50. The molecule has 0 aliphatic carbocycles. The van der Waals surface area contributed by atoms with Crippen molar-refractivity contribution in [3.63, 3.8) is 0 Å². The summed E-state index contributed by atoms with van der Waals surface area (Å²) >= 11 is 0. The predicted octanol–water partition coefficient (Wildman–Crippen LogP) is 4.48. The number of carboxylic acid groups (broad SMARTS) is 1. The van der Waals surface area contributed by atoms with E-state index in [1.54, 1.807) is 14.1 Å². The molecule has 0 saturated carbocycles. The normalized spacial score (nSPS) is 17.0. The molecular weight excluding hydrogens is 394 g/mol. The van der Waals surface area contributed by atoms with Crippen molar-refractivity contribution in [1.82, 2.24) is 4.90 Å². The molecule has 0 fully saturated rings. The minimum Gasteiger partial charge on any atom is -0.478 e. The summed E-state index contributed by atoms with van der Waals surface area (Å²) in [6.07, 6.45) is 13.6.